The van der Waals surface area contributed by atoms with Crippen molar-refractivity contribution in [3.05, 3.63) is 28.3 Å². The number of rotatable bonds is 4. The van der Waals surface area contributed by atoms with Crippen molar-refractivity contribution in [3.8, 4) is 0 Å². The molecular weight excluding hydrogens is 368 g/mol. The zero-order valence-electron chi connectivity index (χ0n) is 15.7. The Balaban J connectivity index is 1.63. The number of nitro benzene ring substituents is 1. The van der Waals surface area contributed by atoms with Crippen molar-refractivity contribution in [3.63, 3.8) is 0 Å². The van der Waals surface area contributed by atoms with Gasteiger partial charge in [-0.2, -0.15) is 0 Å². The van der Waals surface area contributed by atoms with Crippen LogP contribution in [-0.4, -0.2) is 41.2 Å². The van der Waals surface area contributed by atoms with Gasteiger partial charge in [0.1, 0.15) is 5.60 Å². The molecule has 8 nitrogen and oxygen atoms in total. The summed E-state index contributed by atoms with van der Waals surface area (Å²) in [7, 11) is 0. The molecule has 1 N–H and O–H groups in total. The minimum absolute atomic E-state index is 0.0532. The molecule has 9 heteroatoms. The summed E-state index contributed by atoms with van der Waals surface area (Å²) in [5.74, 6) is 0.313. The van der Waals surface area contributed by atoms with Crippen molar-refractivity contribution in [2.75, 3.05) is 24.5 Å². The fourth-order valence-corrected chi connectivity index (χ4v) is 4.08. The molecule has 0 radical (unpaired) electrons. The third-order valence-electron chi connectivity index (χ3n) is 4.29. The van der Waals surface area contributed by atoms with Crippen molar-refractivity contribution in [2.45, 2.75) is 39.2 Å². The molecule has 1 aromatic carbocycles. The van der Waals surface area contributed by atoms with E-state index in [1.807, 2.05) is 20.8 Å². The number of nitrogens with zero attached hydrogens (tertiary/aromatic N) is 3. The first-order chi connectivity index (χ1) is 12.7. The fraction of sp³-hybridized carbons (Fsp3) is 0.556. The summed E-state index contributed by atoms with van der Waals surface area (Å²) in [4.78, 5) is 29.2. The number of carbonyl (C=O) groups is 1. The Hall–Kier alpha value is -2.42. The van der Waals surface area contributed by atoms with E-state index in [0.717, 1.165) is 35.8 Å². The second-order valence-electron chi connectivity index (χ2n) is 7.74. The van der Waals surface area contributed by atoms with E-state index >= 15 is 0 Å². The molecule has 1 aliphatic rings. The van der Waals surface area contributed by atoms with E-state index in [0.29, 0.717) is 18.0 Å². The first-order valence-corrected chi connectivity index (χ1v) is 9.80. The predicted molar refractivity (Wildman–Crippen MR) is 105 cm³/mol. The number of alkyl carbamates (subject to hydrolysis) is 1. The van der Waals surface area contributed by atoms with Crippen LogP contribution in [0, 0.1) is 16.0 Å². The summed E-state index contributed by atoms with van der Waals surface area (Å²) in [6, 6.07) is 4.77. The molecule has 3 rings (SSSR count). The number of carbonyl (C=O) groups excluding carboxylic acids is 1. The van der Waals surface area contributed by atoms with Crippen LogP contribution in [0.5, 0.6) is 0 Å². The quantitative estimate of drug-likeness (QED) is 0.625. The van der Waals surface area contributed by atoms with Gasteiger partial charge in [-0.3, -0.25) is 10.1 Å². The highest BCUT2D eigenvalue weighted by Crippen LogP contribution is 2.33. The number of piperidine rings is 1. The van der Waals surface area contributed by atoms with Gasteiger partial charge in [0.15, 0.2) is 5.13 Å². The second kappa shape index (κ2) is 7.67. The summed E-state index contributed by atoms with van der Waals surface area (Å²) >= 11 is 1.54. The lowest BCUT2D eigenvalue weighted by Crippen LogP contribution is -2.42. The molecule has 1 aliphatic heterocycles. The highest BCUT2D eigenvalue weighted by Gasteiger charge is 2.24. The van der Waals surface area contributed by atoms with Gasteiger partial charge < -0.3 is 15.0 Å². The van der Waals surface area contributed by atoms with Crippen LogP contribution in [-0.2, 0) is 4.74 Å². The van der Waals surface area contributed by atoms with Crippen LogP contribution in [0.2, 0.25) is 0 Å². The van der Waals surface area contributed by atoms with Gasteiger partial charge in [0, 0.05) is 31.8 Å². The molecule has 1 saturated heterocycles. The minimum atomic E-state index is -0.508. The molecular formula is C18H24N4O4S. The van der Waals surface area contributed by atoms with Crippen molar-refractivity contribution in [1.29, 1.82) is 0 Å². The van der Waals surface area contributed by atoms with Gasteiger partial charge in [-0.05, 0) is 45.6 Å². The van der Waals surface area contributed by atoms with E-state index in [1.54, 1.807) is 6.07 Å². The zero-order valence-corrected chi connectivity index (χ0v) is 16.5. The van der Waals surface area contributed by atoms with Crippen molar-refractivity contribution < 1.29 is 14.5 Å². The third-order valence-corrected chi connectivity index (χ3v) is 5.39. The van der Waals surface area contributed by atoms with Crippen LogP contribution in [0.1, 0.15) is 33.6 Å². The van der Waals surface area contributed by atoms with Gasteiger partial charge in [0.05, 0.1) is 15.1 Å². The monoisotopic (exact) mass is 392 g/mol. The van der Waals surface area contributed by atoms with Gasteiger partial charge in [-0.25, -0.2) is 9.78 Å². The first-order valence-electron chi connectivity index (χ1n) is 8.98. The molecule has 0 unspecified atom stereocenters. The molecule has 146 valence electrons. The lowest BCUT2D eigenvalue weighted by atomic mass is 9.98. The molecule has 1 atom stereocenters. The Morgan fingerprint density at radius 2 is 2.26 bits per heavy atom. The standard InChI is InChI=1S/C18H24N4O4S/c1-18(2,3)26-17(23)19-10-12-5-4-8-21(11-12)16-20-14-9-13(22(24)25)6-7-15(14)27-16/h6-7,9,12H,4-5,8,10-11H2,1-3H3,(H,19,23)/t12-/m1/s1. The SMILES string of the molecule is CC(C)(C)OC(=O)NC[C@H]1CCCN(c2nc3cc([N+](=O)[O-])ccc3s2)C1. The molecule has 2 aromatic rings. The maximum atomic E-state index is 11.8. The summed E-state index contributed by atoms with van der Waals surface area (Å²) in [5, 5.41) is 14.7. The third kappa shape index (κ3) is 5.06. The number of fused-ring (bicyclic) bond motifs is 1. The molecule has 1 aromatic heterocycles. The maximum Gasteiger partial charge on any atom is 0.407 e. The van der Waals surface area contributed by atoms with Gasteiger partial charge in [0.2, 0.25) is 0 Å². The minimum Gasteiger partial charge on any atom is -0.444 e. The number of benzene rings is 1. The molecule has 0 spiro atoms. The number of anilines is 1. The van der Waals surface area contributed by atoms with E-state index < -0.39 is 16.6 Å². The number of hydrogen-bond acceptors (Lipinski definition) is 7. The van der Waals surface area contributed by atoms with Crippen molar-refractivity contribution in [1.82, 2.24) is 10.3 Å². The number of thiazole rings is 1. The van der Waals surface area contributed by atoms with Gasteiger partial charge in [-0.15, -0.1) is 0 Å². The normalized spacial score (nSPS) is 17.7. The number of hydrogen-bond donors (Lipinski definition) is 1. The predicted octanol–water partition coefficient (Wildman–Crippen LogP) is 3.95. The van der Waals surface area contributed by atoms with Crippen LogP contribution in [0.4, 0.5) is 15.6 Å². The Morgan fingerprint density at radius 3 is 2.96 bits per heavy atom. The molecule has 0 aliphatic carbocycles. The maximum absolute atomic E-state index is 11.8. The lowest BCUT2D eigenvalue weighted by Gasteiger charge is -2.32. The van der Waals surface area contributed by atoms with Crippen LogP contribution in [0.15, 0.2) is 18.2 Å². The molecule has 0 bridgehead atoms. The Labute approximate surface area is 161 Å². The molecule has 0 saturated carbocycles. The summed E-state index contributed by atoms with van der Waals surface area (Å²) in [6.07, 6.45) is 1.64. The Morgan fingerprint density at radius 1 is 1.48 bits per heavy atom. The van der Waals surface area contributed by atoms with Crippen LogP contribution in [0.3, 0.4) is 0 Å². The number of nitro groups is 1. The summed E-state index contributed by atoms with van der Waals surface area (Å²) in [6.45, 7) is 7.76. The number of amides is 1. The average molecular weight is 392 g/mol. The van der Waals surface area contributed by atoms with E-state index in [2.05, 4.69) is 15.2 Å². The summed E-state index contributed by atoms with van der Waals surface area (Å²) < 4.78 is 6.22. The number of aromatic nitrogens is 1. The molecule has 2 heterocycles. The van der Waals surface area contributed by atoms with E-state index in [4.69, 9.17) is 4.74 Å². The number of non-ortho nitro benzene ring substituents is 1. The molecule has 1 amide bonds. The van der Waals surface area contributed by atoms with E-state index in [-0.39, 0.29) is 5.69 Å². The van der Waals surface area contributed by atoms with E-state index in [9.17, 15) is 14.9 Å². The zero-order chi connectivity index (χ0) is 19.6. The van der Waals surface area contributed by atoms with Crippen LogP contribution < -0.4 is 10.2 Å². The highest BCUT2D eigenvalue weighted by atomic mass is 32.1. The number of ether oxygens (including phenoxy) is 1. The Kier molecular flexibility index (Phi) is 5.50. The topological polar surface area (TPSA) is 97.6 Å². The van der Waals surface area contributed by atoms with Crippen molar-refractivity contribution >= 4 is 38.5 Å². The first kappa shape index (κ1) is 19.3. The van der Waals surface area contributed by atoms with Crippen LogP contribution >= 0.6 is 11.3 Å². The largest absolute Gasteiger partial charge is 0.444 e. The molecule has 27 heavy (non-hydrogen) atoms. The van der Waals surface area contributed by atoms with Gasteiger partial charge >= 0.3 is 6.09 Å². The Bertz CT molecular complexity index is 845. The van der Waals surface area contributed by atoms with E-state index in [1.165, 1.54) is 23.5 Å². The fourth-order valence-electron chi connectivity index (χ4n) is 3.10. The van der Waals surface area contributed by atoms with Gasteiger partial charge in [-0.1, -0.05) is 11.3 Å². The average Bonchev–Trinajstić information content (AvgIpc) is 3.02. The summed E-state index contributed by atoms with van der Waals surface area (Å²) in [5.41, 5.74) is 0.197. The number of nitrogens with one attached hydrogen (secondary N) is 1. The smallest absolute Gasteiger partial charge is 0.407 e. The highest BCUT2D eigenvalue weighted by molar-refractivity contribution is 7.22. The second-order valence-corrected chi connectivity index (χ2v) is 8.75. The van der Waals surface area contributed by atoms with Gasteiger partial charge in [0.25, 0.3) is 5.69 Å². The van der Waals surface area contributed by atoms with Crippen molar-refractivity contribution in [2.24, 2.45) is 5.92 Å². The molecule has 1 fully saturated rings. The lowest BCUT2D eigenvalue weighted by molar-refractivity contribution is -0.384. The van der Waals surface area contributed by atoms with Crippen LogP contribution in [0.25, 0.3) is 10.2 Å².